The maximum Gasteiger partial charge on any atom is 0.116 e. The van der Waals surface area contributed by atoms with Crippen molar-refractivity contribution in [3.8, 4) is 33.8 Å². The molecule has 0 aliphatic carbocycles. The van der Waals surface area contributed by atoms with Crippen LogP contribution in [-0.4, -0.2) is 10.2 Å². The summed E-state index contributed by atoms with van der Waals surface area (Å²) in [5, 5.41) is 24.6. The lowest BCUT2D eigenvalue weighted by molar-refractivity contribution is 0.475. The molecule has 0 bridgehead atoms. The lowest BCUT2D eigenvalue weighted by atomic mass is 9.86. The average Bonchev–Trinajstić information content (AvgIpc) is 2.72. The van der Waals surface area contributed by atoms with Gasteiger partial charge in [-0.2, -0.15) is 0 Å². The van der Waals surface area contributed by atoms with Crippen molar-refractivity contribution < 1.29 is 10.2 Å². The molecule has 2 N–H and O–H groups in total. The van der Waals surface area contributed by atoms with Crippen molar-refractivity contribution in [3.63, 3.8) is 0 Å². The van der Waals surface area contributed by atoms with Crippen LogP contribution in [-0.2, 0) is 0 Å². The first-order valence-corrected chi connectivity index (χ1v) is 9.24. The highest BCUT2D eigenvalue weighted by Crippen LogP contribution is 2.44. The number of rotatable bonds is 2. The maximum atomic E-state index is 10.1. The molecule has 0 radical (unpaired) electrons. The molecule has 0 fully saturated rings. The van der Waals surface area contributed by atoms with Gasteiger partial charge in [0.05, 0.1) is 0 Å². The summed E-state index contributed by atoms with van der Waals surface area (Å²) in [6, 6.07) is 31.4. The van der Waals surface area contributed by atoms with Crippen molar-refractivity contribution in [2.45, 2.75) is 0 Å². The lowest BCUT2D eigenvalue weighted by Gasteiger charge is -2.17. The molecule has 0 aliphatic heterocycles. The van der Waals surface area contributed by atoms with Crippen molar-refractivity contribution in [2.75, 3.05) is 0 Å². The van der Waals surface area contributed by atoms with E-state index in [4.69, 9.17) is 0 Å². The molecule has 5 aromatic carbocycles. The first-order chi connectivity index (χ1) is 13.7. The molecule has 0 spiro atoms. The second-order valence-electron chi connectivity index (χ2n) is 6.94. The Kier molecular flexibility index (Phi) is 3.77. The minimum atomic E-state index is 0.253. The quantitative estimate of drug-likeness (QED) is 0.341. The molecule has 134 valence electrons. The van der Waals surface area contributed by atoms with Crippen LogP contribution in [0.5, 0.6) is 11.5 Å². The Morgan fingerprint density at radius 1 is 0.393 bits per heavy atom. The number of hydrogen-bond donors (Lipinski definition) is 2. The van der Waals surface area contributed by atoms with Gasteiger partial charge in [0, 0.05) is 0 Å². The predicted molar refractivity (Wildman–Crippen MR) is 116 cm³/mol. The largest absolute Gasteiger partial charge is 0.508 e. The van der Waals surface area contributed by atoms with Gasteiger partial charge in [-0.3, -0.25) is 0 Å². The Balaban J connectivity index is 2.00. The zero-order chi connectivity index (χ0) is 19.1. The van der Waals surface area contributed by atoms with E-state index in [-0.39, 0.29) is 11.5 Å². The van der Waals surface area contributed by atoms with Gasteiger partial charge in [0.1, 0.15) is 11.5 Å². The number of fused-ring (bicyclic) bond motifs is 2. The van der Waals surface area contributed by atoms with Crippen LogP contribution in [0.4, 0.5) is 0 Å². The van der Waals surface area contributed by atoms with Crippen LogP contribution < -0.4 is 0 Å². The van der Waals surface area contributed by atoms with E-state index < -0.39 is 0 Å². The first-order valence-electron chi connectivity index (χ1n) is 9.24. The molecule has 28 heavy (non-hydrogen) atoms. The fourth-order valence-electron chi connectivity index (χ4n) is 4.07. The summed E-state index contributed by atoms with van der Waals surface area (Å²) in [6.07, 6.45) is 0. The monoisotopic (exact) mass is 362 g/mol. The van der Waals surface area contributed by atoms with E-state index in [1.807, 2.05) is 60.7 Å². The molecule has 0 atom stereocenters. The molecule has 0 saturated carbocycles. The molecular formula is C26H18O2. The van der Waals surface area contributed by atoms with E-state index >= 15 is 0 Å². The maximum absolute atomic E-state index is 10.1. The standard InChI is InChI=1S/C26H18O2/c27-19-9-5-7-17(15-19)25-21-11-1-2-12-22(21)26(18-8-6-10-20(28)16-18)24-14-4-3-13-23(24)25/h1-16,27-28H. The molecule has 0 aromatic heterocycles. The van der Waals surface area contributed by atoms with Gasteiger partial charge in [0.2, 0.25) is 0 Å². The number of benzene rings is 5. The highest BCUT2D eigenvalue weighted by molar-refractivity contribution is 6.21. The summed E-state index contributed by atoms with van der Waals surface area (Å²) in [6.45, 7) is 0. The SMILES string of the molecule is Oc1cccc(-c2c3ccccc3c(-c3cccc(O)c3)c3ccccc23)c1. The summed E-state index contributed by atoms with van der Waals surface area (Å²) >= 11 is 0. The molecule has 0 heterocycles. The Hall–Kier alpha value is -3.78. The zero-order valence-electron chi connectivity index (χ0n) is 15.1. The van der Waals surface area contributed by atoms with Crippen LogP contribution in [0, 0.1) is 0 Å². The molecule has 2 nitrogen and oxygen atoms in total. The van der Waals surface area contributed by atoms with E-state index in [0.29, 0.717) is 0 Å². The molecule has 0 saturated heterocycles. The second-order valence-corrected chi connectivity index (χ2v) is 6.94. The predicted octanol–water partition coefficient (Wildman–Crippen LogP) is 6.74. The Morgan fingerprint density at radius 2 is 0.750 bits per heavy atom. The Bertz CT molecular complexity index is 1170. The average molecular weight is 362 g/mol. The van der Waals surface area contributed by atoms with Gasteiger partial charge < -0.3 is 10.2 Å². The molecule has 0 unspecified atom stereocenters. The number of aromatic hydroxyl groups is 2. The summed E-state index contributed by atoms with van der Waals surface area (Å²) in [7, 11) is 0. The van der Waals surface area contributed by atoms with E-state index in [1.54, 1.807) is 12.1 Å². The number of hydrogen-bond acceptors (Lipinski definition) is 2. The summed E-state index contributed by atoms with van der Waals surface area (Å²) in [4.78, 5) is 0. The van der Waals surface area contributed by atoms with Gasteiger partial charge in [-0.15, -0.1) is 0 Å². The van der Waals surface area contributed by atoms with Crippen molar-refractivity contribution in [3.05, 3.63) is 97.1 Å². The van der Waals surface area contributed by atoms with Crippen molar-refractivity contribution >= 4 is 21.5 Å². The first kappa shape index (κ1) is 16.4. The molecule has 0 amide bonds. The van der Waals surface area contributed by atoms with Crippen LogP contribution >= 0.6 is 0 Å². The van der Waals surface area contributed by atoms with Crippen LogP contribution in [0.15, 0.2) is 97.1 Å². The van der Waals surface area contributed by atoms with E-state index in [1.165, 1.54) is 0 Å². The summed E-state index contributed by atoms with van der Waals surface area (Å²) in [5.74, 6) is 0.505. The third-order valence-corrected chi connectivity index (χ3v) is 5.20. The smallest absolute Gasteiger partial charge is 0.116 e. The Labute approximate surface area is 162 Å². The number of phenols is 2. The fraction of sp³-hybridized carbons (Fsp3) is 0. The minimum absolute atomic E-state index is 0.253. The van der Waals surface area contributed by atoms with Gasteiger partial charge in [-0.05, 0) is 68.1 Å². The van der Waals surface area contributed by atoms with Gasteiger partial charge in [0.15, 0.2) is 0 Å². The molecule has 2 heteroatoms. The third kappa shape index (κ3) is 2.58. The van der Waals surface area contributed by atoms with Crippen molar-refractivity contribution in [2.24, 2.45) is 0 Å². The highest BCUT2D eigenvalue weighted by Gasteiger charge is 2.16. The molecule has 5 aromatic rings. The molecule has 5 rings (SSSR count). The third-order valence-electron chi connectivity index (χ3n) is 5.20. The van der Waals surface area contributed by atoms with E-state index in [2.05, 4.69) is 24.3 Å². The van der Waals surface area contributed by atoms with Gasteiger partial charge in [-0.1, -0.05) is 72.8 Å². The highest BCUT2D eigenvalue weighted by atomic mass is 16.3. The Morgan fingerprint density at radius 3 is 1.07 bits per heavy atom. The van der Waals surface area contributed by atoms with Crippen molar-refractivity contribution in [1.82, 2.24) is 0 Å². The van der Waals surface area contributed by atoms with Gasteiger partial charge in [-0.25, -0.2) is 0 Å². The normalized spacial score (nSPS) is 11.1. The number of phenolic OH excluding ortho intramolecular Hbond substituents is 2. The fourth-order valence-corrected chi connectivity index (χ4v) is 4.07. The lowest BCUT2D eigenvalue weighted by Crippen LogP contribution is -1.90. The summed E-state index contributed by atoms with van der Waals surface area (Å²) in [5.41, 5.74) is 4.17. The van der Waals surface area contributed by atoms with Crippen LogP contribution in [0.1, 0.15) is 0 Å². The molecule has 0 aliphatic rings. The van der Waals surface area contributed by atoms with E-state index in [0.717, 1.165) is 43.8 Å². The van der Waals surface area contributed by atoms with Crippen LogP contribution in [0.25, 0.3) is 43.8 Å². The minimum Gasteiger partial charge on any atom is -0.508 e. The van der Waals surface area contributed by atoms with Crippen molar-refractivity contribution in [1.29, 1.82) is 0 Å². The second kappa shape index (κ2) is 6.43. The van der Waals surface area contributed by atoms with Gasteiger partial charge in [0.25, 0.3) is 0 Å². The van der Waals surface area contributed by atoms with Gasteiger partial charge >= 0.3 is 0 Å². The zero-order valence-corrected chi connectivity index (χ0v) is 15.1. The van der Waals surface area contributed by atoms with Crippen LogP contribution in [0.3, 0.4) is 0 Å². The molecular weight excluding hydrogens is 344 g/mol. The van der Waals surface area contributed by atoms with Crippen LogP contribution in [0.2, 0.25) is 0 Å². The topological polar surface area (TPSA) is 40.5 Å². The van der Waals surface area contributed by atoms with E-state index in [9.17, 15) is 10.2 Å². The summed E-state index contributed by atoms with van der Waals surface area (Å²) < 4.78 is 0.